The molecule has 2 aromatic rings. The maximum absolute atomic E-state index is 12.9. The molecule has 0 saturated carbocycles. The van der Waals surface area contributed by atoms with E-state index in [1.807, 2.05) is 18.2 Å². The first-order valence-corrected chi connectivity index (χ1v) is 12.5. The van der Waals surface area contributed by atoms with Crippen molar-refractivity contribution in [3.05, 3.63) is 63.5 Å². The highest BCUT2D eigenvalue weighted by atomic mass is 35.5. The lowest BCUT2D eigenvalue weighted by molar-refractivity contribution is -0.127. The van der Waals surface area contributed by atoms with Gasteiger partial charge in [-0.2, -0.15) is 0 Å². The fraction of sp³-hybridized carbons (Fsp3) is 0.346. The number of anilines is 2. The van der Waals surface area contributed by atoms with Gasteiger partial charge in [-0.3, -0.25) is 19.3 Å². The standard InChI is InChI=1S/C26H28ClN3O3S/c1-5-30-21-13-20(27)17(11-19(21)16(2)14-26(30,3)4)12-22-24(32)29(25(33)34-22)15-23(31)28-18-9-7-6-8-10-18/h6-13,16H,5,14-15H2,1-4H3,(H,28,31)/b22-12+. The Labute approximate surface area is 209 Å². The van der Waals surface area contributed by atoms with E-state index in [9.17, 15) is 14.4 Å². The van der Waals surface area contributed by atoms with Gasteiger partial charge in [0.25, 0.3) is 11.1 Å². The third-order valence-corrected chi connectivity index (χ3v) is 7.57. The molecular formula is C26H28ClN3O3S. The van der Waals surface area contributed by atoms with Crippen molar-refractivity contribution in [2.75, 3.05) is 23.3 Å². The van der Waals surface area contributed by atoms with E-state index in [4.69, 9.17) is 11.6 Å². The average molecular weight is 498 g/mol. The predicted octanol–water partition coefficient (Wildman–Crippen LogP) is 6.13. The Kier molecular flexibility index (Phi) is 6.78. The topological polar surface area (TPSA) is 69.7 Å². The summed E-state index contributed by atoms with van der Waals surface area (Å²) in [6.45, 7) is 9.33. The largest absolute Gasteiger partial charge is 0.366 e. The van der Waals surface area contributed by atoms with Gasteiger partial charge in [-0.15, -0.1) is 0 Å². The first kappa shape index (κ1) is 24.4. The minimum absolute atomic E-state index is 0.0228. The number of imide groups is 1. The minimum atomic E-state index is -0.489. The fourth-order valence-corrected chi connectivity index (χ4v) is 5.91. The smallest absolute Gasteiger partial charge is 0.294 e. The summed E-state index contributed by atoms with van der Waals surface area (Å²) in [7, 11) is 0. The lowest BCUT2D eigenvalue weighted by Crippen LogP contribution is -2.48. The SMILES string of the molecule is CCN1c2cc(Cl)c(/C=C3/SC(=O)N(CC(=O)Nc4ccccc4)C3=O)cc2C(C)CC1(C)C. The Morgan fingerprint density at radius 2 is 1.94 bits per heavy atom. The molecule has 2 aliphatic heterocycles. The summed E-state index contributed by atoms with van der Waals surface area (Å²) in [6.07, 6.45) is 2.66. The van der Waals surface area contributed by atoms with E-state index in [0.29, 0.717) is 22.2 Å². The molecule has 2 aliphatic rings. The normalized spacial score (nSPS) is 20.6. The van der Waals surface area contributed by atoms with Gasteiger partial charge < -0.3 is 10.2 Å². The second-order valence-corrected chi connectivity index (χ2v) is 10.7. The summed E-state index contributed by atoms with van der Waals surface area (Å²) < 4.78 is 0. The number of carbonyl (C=O) groups is 3. The van der Waals surface area contributed by atoms with Crippen molar-refractivity contribution >= 4 is 57.9 Å². The number of nitrogens with zero attached hydrogens (tertiary/aromatic N) is 2. The van der Waals surface area contributed by atoms with Crippen molar-refractivity contribution in [2.24, 2.45) is 0 Å². The molecule has 1 unspecified atom stereocenters. The van der Waals surface area contributed by atoms with Crippen molar-refractivity contribution in [1.29, 1.82) is 0 Å². The number of fused-ring (bicyclic) bond motifs is 1. The number of nitrogens with one attached hydrogen (secondary N) is 1. The Morgan fingerprint density at radius 3 is 2.62 bits per heavy atom. The average Bonchev–Trinajstić information content (AvgIpc) is 3.02. The van der Waals surface area contributed by atoms with Crippen LogP contribution in [0.3, 0.4) is 0 Å². The molecule has 1 saturated heterocycles. The molecule has 2 heterocycles. The van der Waals surface area contributed by atoms with E-state index in [0.717, 1.165) is 35.3 Å². The van der Waals surface area contributed by atoms with Crippen molar-refractivity contribution in [2.45, 2.75) is 45.6 Å². The number of carbonyl (C=O) groups excluding carboxylic acids is 3. The van der Waals surface area contributed by atoms with Gasteiger partial charge in [0.2, 0.25) is 5.91 Å². The molecule has 1 fully saturated rings. The van der Waals surface area contributed by atoms with Crippen LogP contribution in [0.1, 0.15) is 51.2 Å². The molecular weight excluding hydrogens is 470 g/mol. The molecule has 1 N–H and O–H groups in total. The van der Waals surface area contributed by atoms with E-state index in [2.05, 4.69) is 37.9 Å². The van der Waals surface area contributed by atoms with Gasteiger partial charge >= 0.3 is 0 Å². The third-order valence-electron chi connectivity index (χ3n) is 6.34. The first-order valence-electron chi connectivity index (χ1n) is 11.3. The van der Waals surface area contributed by atoms with Crippen LogP contribution in [0, 0.1) is 0 Å². The Morgan fingerprint density at radius 1 is 1.24 bits per heavy atom. The molecule has 8 heteroatoms. The van der Waals surface area contributed by atoms with Crippen LogP contribution in [-0.2, 0) is 9.59 Å². The maximum Gasteiger partial charge on any atom is 0.294 e. The number of para-hydroxylation sites is 1. The second kappa shape index (κ2) is 9.47. The van der Waals surface area contributed by atoms with E-state index < -0.39 is 17.1 Å². The van der Waals surface area contributed by atoms with Gasteiger partial charge in [-0.1, -0.05) is 36.7 Å². The molecule has 2 aromatic carbocycles. The highest BCUT2D eigenvalue weighted by Crippen LogP contribution is 2.45. The number of hydrogen-bond acceptors (Lipinski definition) is 5. The van der Waals surface area contributed by atoms with Crippen LogP contribution in [0.25, 0.3) is 6.08 Å². The van der Waals surface area contributed by atoms with Crippen molar-refractivity contribution in [3.8, 4) is 0 Å². The lowest BCUT2D eigenvalue weighted by atomic mass is 9.79. The maximum atomic E-state index is 12.9. The monoisotopic (exact) mass is 497 g/mol. The van der Waals surface area contributed by atoms with Gasteiger partial charge in [-0.25, -0.2) is 0 Å². The lowest BCUT2D eigenvalue weighted by Gasteiger charge is -2.47. The van der Waals surface area contributed by atoms with Crippen LogP contribution in [0.4, 0.5) is 16.2 Å². The van der Waals surface area contributed by atoms with E-state index in [1.165, 1.54) is 5.56 Å². The number of halogens is 1. The van der Waals surface area contributed by atoms with Crippen LogP contribution in [0.15, 0.2) is 47.4 Å². The first-order chi connectivity index (χ1) is 16.1. The second-order valence-electron chi connectivity index (χ2n) is 9.28. The van der Waals surface area contributed by atoms with Gasteiger partial charge in [0.1, 0.15) is 6.54 Å². The number of amides is 3. The molecule has 1 atom stereocenters. The number of hydrogen-bond donors (Lipinski definition) is 1. The predicted molar refractivity (Wildman–Crippen MR) is 139 cm³/mol. The highest BCUT2D eigenvalue weighted by Gasteiger charge is 2.38. The van der Waals surface area contributed by atoms with Crippen molar-refractivity contribution in [1.82, 2.24) is 4.90 Å². The van der Waals surface area contributed by atoms with Crippen LogP contribution in [0.5, 0.6) is 0 Å². The number of rotatable bonds is 5. The summed E-state index contributed by atoms with van der Waals surface area (Å²) in [4.78, 5) is 41.4. The molecule has 0 aliphatic carbocycles. The van der Waals surface area contributed by atoms with Gasteiger partial charge in [0, 0.05) is 28.5 Å². The summed E-state index contributed by atoms with van der Waals surface area (Å²) >= 11 is 7.47. The molecule has 0 radical (unpaired) electrons. The van der Waals surface area contributed by atoms with Crippen LogP contribution in [-0.4, -0.2) is 40.6 Å². The highest BCUT2D eigenvalue weighted by molar-refractivity contribution is 8.18. The molecule has 6 nitrogen and oxygen atoms in total. The zero-order chi connectivity index (χ0) is 24.6. The fourth-order valence-electron chi connectivity index (χ4n) is 4.87. The molecule has 0 spiro atoms. The van der Waals surface area contributed by atoms with E-state index in [-0.39, 0.29) is 17.0 Å². The van der Waals surface area contributed by atoms with Crippen LogP contribution >= 0.6 is 23.4 Å². The van der Waals surface area contributed by atoms with Crippen LogP contribution in [0.2, 0.25) is 5.02 Å². The Bertz CT molecular complexity index is 1180. The molecule has 34 heavy (non-hydrogen) atoms. The van der Waals surface area contributed by atoms with Gasteiger partial charge in [0.15, 0.2) is 0 Å². The Balaban J connectivity index is 1.57. The van der Waals surface area contributed by atoms with Crippen LogP contribution < -0.4 is 10.2 Å². The quantitative estimate of drug-likeness (QED) is 0.503. The zero-order valence-corrected chi connectivity index (χ0v) is 21.3. The molecule has 3 amide bonds. The Hall–Kier alpha value is -2.77. The molecule has 0 aromatic heterocycles. The third kappa shape index (κ3) is 4.72. The number of benzene rings is 2. The number of thioether (sulfide) groups is 1. The van der Waals surface area contributed by atoms with E-state index in [1.54, 1.807) is 30.3 Å². The summed E-state index contributed by atoms with van der Waals surface area (Å²) in [5.74, 6) is -0.594. The summed E-state index contributed by atoms with van der Waals surface area (Å²) in [5, 5.41) is 2.75. The molecule has 4 rings (SSSR count). The van der Waals surface area contributed by atoms with Gasteiger partial charge in [-0.05, 0) is 86.3 Å². The van der Waals surface area contributed by atoms with E-state index >= 15 is 0 Å². The summed E-state index contributed by atoms with van der Waals surface area (Å²) in [6, 6.07) is 12.9. The zero-order valence-electron chi connectivity index (χ0n) is 19.7. The molecule has 178 valence electrons. The molecule has 0 bridgehead atoms. The van der Waals surface area contributed by atoms with Crippen molar-refractivity contribution in [3.63, 3.8) is 0 Å². The summed E-state index contributed by atoms with van der Waals surface area (Å²) in [5.41, 5.74) is 3.61. The minimum Gasteiger partial charge on any atom is -0.366 e. The van der Waals surface area contributed by atoms with Gasteiger partial charge in [0.05, 0.1) is 4.91 Å². The van der Waals surface area contributed by atoms with Crippen molar-refractivity contribution < 1.29 is 14.4 Å².